The molecular formula is C25H20N6O4. The van der Waals surface area contributed by atoms with Gasteiger partial charge in [0.1, 0.15) is 17.2 Å². The molecule has 174 valence electrons. The lowest BCUT2D eigenvalue weighted by Crippen LogP contribution is -2.20. The average molecular weight is 468 g/mol. The molecule has 35 heavy (non-hydrogen) atoms. The number of hydrogen-bond donors (Lipinski definition) is 2. The maximum absolute atomic E-state index is 12.8. The smallest absolute Gasteiger partial charge is 0.349 e. The van der Waals surface area contributed by atoms with Crippen molar-refractivity contribution in [2.24, 2.45) is 0 Å². The number of aromatic nitrogens is 4. The monoisotopic (exact) mass is 468 g/mol. The van der Waals surface area contributed by atoms with E-state index >= 15 is 0 Å². The summed E-state index contributed by atoms with van der Waals surface area (Å²) in [6.45, 7) is 1.80. The van der Waals surface area contributed by atoms with Crippen molar-refractivity contribution in [2.45, 2.75) is 6.92 Å². The fourth-order valence-electron chi connectivity index (χ4n) is 3.56. The van der Waals surface area contributed by atoms with E-state index in [1.54, 1.807) is 72.5 Å². The number of ether oxygens (including phenoxy) is 1. The van der Waals surface area contributed by atoms with Crippen LogP contribution < -0.4 is 21.0 Å². The number of carbonyl (C=O) groups excluding carboxylic acids is 1. The molecule has 10 heteroatoms. The first kappa shape index (κ1) is 21.8. The van der Waals surface area contributed by atoms with Crippen LogP contribution in [0.25, 0.3) is 16.8 Å². The van der Waals surface area contributed by atoms with Gasteiger partial charge in [-0.2, -0.15) is 5.10 Å². The molecule has 0 fully saturated rings. The molecule has 5 rings (SSSR count). The number of carbonyl (C=O) groups is 1. The highest BCUT2D eigenvalue weighted by Crippen LogP contribution is 2.25. The molecular weight excluding hydrogens is 448 g/mol. The van der Waals surface area contributed by atoms with Gasteiger partial charge in [-0.3, -0.25) is 4.79 Å². The van der Waals surface area contributed by atoms with Gasteiger partial charge in [0.25, 0.3) is 5.91 Å². The largest absolute Gasteiger partial charge is 0.493 e. The van der Waals surface area contributed by atoms with E-state index in [1.165, 1.54) is 13.2 Å². The zero-order valence-corrected chi connectivity index (χ0v) is 18.9. The van der Waals surface area contributed by atoms with Gasteiger partial charge >= 0.3 is 5.63 Å². The molecule has 2 aromatic carbocycles. The molecule has 0 aliphatic rings. The molecule has 0 aliphatic heterocycles. The molecule has 0 unspecified atom stereocenters. The van der Waals surface area contributed by atoms with Crippen molar-refractivity contribution in [3.8, 4) is 11.6 Å². The van der Waals surface area contributed by atoms with E-state index in [9.17, 15) is 9.59 Å². The third kappa shape index (κ3) is 4.58. The van der Waals surface area contributed by atoms with E-state index in [0.717, 1.165) is 5.69 Å². The van der Waals surface area contributed by atoms with Crippen LogP contribution in [-0.4, -0.2) is 32.8 Å². The van der Waals surface area contributed by atoms with Gasteiger partial charge in [-0.05, 0) is 49.4 Å². The summed E-state index contributed by atoms with van der Waals surface area (Å²) in [6, 6.07) is 17.3. The van der Waals surface area contributed by atoms with E-state index in [-0.39, 0.29) is 5.56 Å². The molecule has 0 atom stereocenters. The fourth-order valence-corrected chi connectivity index (χ4v) is 3.56. The Balaban J connectivity index is 1.32. The average Bonchev–Trinajstić information content (AvgIpc) is 3.39. The number of fused-ring (bicyclic) bond motifs is 1. The Labute approximate surface area is 199 Å². The fraction of sp³-hybridized carbons (Fsp3) is 0.0800. The standard InChI is InChI=1S/C25H20N6O4/c1-15-27-21(14-22(28-15)31-12-4-11-26-31)29-17-7-9-18(10-8-17)30-24(32)19-13-16-5-3-6-20(34-2)23(16)35-25(19)33/h3-14H,1-2H3,(H,30,32)(H,27,28,29). The Morgan fingerprint density at radius 3 is 2.57 bits per heavy atom. The van der Waals surface area contributed by atoms with Crippen LogP contribution in [-0.2, 0) is 0 Å². The summed E-state index contributed by atoms with van der Waals surface area (Å²) in [4.78, 5) is 34.0. The van der Waals surface area contributed by atoms with E-state index < -0.39 is 11.5 Å². The minimum atomic E-state index is -0.745. The van der Waals surface area contributed by atoms with Crippen LogP contribution >= 0.6 is 0 Å². The predicted octanol–water partition coefficient (Wildman–Crippen LogP) is 4.08. The molecule has 0 bridgehead atoms. The summed E-state index contributed by atoms with van der Waals surface area (Å²) in [5.74, 6) is 1.69. The number of nitrogens with one attached hydrogen (secondary N) is 2. The lowest BCUT2D eigenvalue weighted by atomic mass is 10.1. The molecule has 1 amide bonds. The van der Waals surface area contributed by atoms with Crippen LogP contribution in [0, 0.1) is 6.92 Å². The Kier molecular flexibility index (Phi) is 5.68. The summed E-state index contributed by atoms with van der Waals surface area (Å²) in [7, 11) is 1.48. The number of amides is 1. The van der Waals surface area contributed by atoms with Gasteiger partial charge in [0.05, 0.1) is 7.11 Å². The van der Waals surface area contributed by atoms with Crippen LogP contribution in [0.4, 0.5) is 17.2 Å². The van der Waals surface area contributed by atoms with E-state index in [2.05, 4.69) is 25.7 Å². The minimum absolute atomic E-state index is 0.101. The zero-order chi connectivity index (χ0) is 24.4. The number of aryl methyl sites for hydroxylation is 1. The van der Waals surface area contributed by atoms with E-state index in [0.29, 0.717) is 39.9 Å². The summed E-state index contributed by atoms with van der Waals surface area (Å²) in [5, 5.41) is 10.7. The molecule has 10 nitrogen and oxygen atoms in total. The third-order valence-corrected chi connectivity index (χ3v) is 5.17. The Hall–Kier alpha value is -4.99. The molecule has 3 aromatic heterocycles. The summed E-state index contributed by atoms with van der Waals surface area (Å²) < 4.78 is 12.2. The maximum atomic E-state index is 12.8. The Bertz CT molecular complexity index is 1580. The van der Waals surface area contributed by atoms with Gasteiger partial charge in [0, 0.05) is 35.2 Å². The number of methoxy groups -OCH3 is 1. The lowest BCUT2D eigenvalue weighted by Gasteiger charge is -2.10. The second-order valence-electron chi connectivity index (χ2n) is 7.59. The van der Waals surface area contributed by atoms with Crippen LogP contribution in [0.5, 0.6) is 5.75 Å². The molecule has 0 radical (unpaired) electrons. The van der Waals surface area contributed by atoms with Crippen molar-refractivity contribution in [3.63, 3.8) is 0 Å². The van der Waals surface area contributed by atoms with Gasteiger partial charge in [0.2, 0.25) is 0 Å². The summed E-state index contributed by atoms with van der Waals surface area (Å²) in [6.07, 6.45) is 3.48. The summed E-state index contributed by atoms with van der Waals surface area (Å²) >= 11 is 0. The highest BCUT2D eigenvalue weighted by molar-refractivity contribution is 6.05. The summed E-state index contributed by atoms with van der Waals surface area (Å²) in [5.41, 5.74) is 0.717. The highest BCUT2D eigenvalue weighted by atomic mass is 16.5. The maximum Gasteiger partial charge on any atom is 0.349 e. The van der Waals surface area contributed by atoms with Gasteiger partial charge in [-0.1, -0.05) is 12.1 Å². The molecule has 0 saturated carbocycles. The van der Waals surface area contributed by atoms with Crippen molar-refractivity contribution in [1.29, 1.82) is 0 Å². The molecule has 3 heterocycles. The van der Waals surface area contributed by atoms with Gasteiger partial charge in [-0.25, -0.2) is 19.4 Å². The van der Waals surface area contributed by atoms with Crippen LogP contribution in [0.3, 0.4) is 0 Å². The third-order valence-electron chi connectivity index (χ3n) is 5.17. The van der Waals surface area contributed by atoms with Crippen LogP contribution in [0.15, 0.2) is 82.3 Å². The van der Waals surface area contributed by atoms with Crippen molar-refractivity contribution in [3.05, 3.63) is 94.9 Å². The van der Waals surface area contributed by atoms with Gasteiger partial charge in [-0.15, -0.1) is 0 Å². The molecule has 0 spiro atoms. The van der Waals surface area contributed by atoms with Gasteiger partial charge < -0.3 is 19.8 Å². The molecule has 5 aromatic rings. The molecule has 0 aliphatic carbocycles. The normalized spacial score (nSPS) is 10.8. The van der Waals surface area contributed by atoms with Gasteiger partial charge in [0.15, 0.2) is 17.2 Å². The van der Waals surface area contributed by atoms with E-state index in [1.807, 2.05) is 6.07 Å². The first-order valence-electron chi connectivity index (χ1n) is 10.7. The number of benzene rings is 2. The van der Waals surface area contributed by atoms with Crippen molar-refractivity contribution in [1.82, 2.24) is 19.7 Å². The quantitative estimate of drug-likeness (QED) is 0.357. The first-order chi connectivity index (χ1) is 17.0. The lowest BCUT2D eigenvalue weighted by molar-refractivity contribution is 0.102. The molecule has 0 saturated heterocycles. The number of hydrogen-bond acceptors (Lipinski definition) is 8. The molecule has 2 N–H and O–H groups in total. The minimum Gasteiger partial charge on any atom is -0.493 e. The highest BCUT2D eigenvalue weighted by Gasteiger charge is 2.16. The van der Waals surface area contributed by atoms with E-state index in [4.69, 9.17) is 9.15 Å². The zero-order valence-electron chi connectivity index (χ0n) is 18.9. The van der Waals surface area contributed by atoms with Crippen LogP contribution in [0.1, 0.15) is 16.2 Å². The van der Waals surface area contributed by atoms with Crippen LogP contribution in [0.2, 0.25) is 0 Å². The predicted molar refractivity (Wildman–Crippen MR) is 131 cm³/mol. The SMILES string of the molecule is COc1cccc2cc(C(=O)Nc3ccc(Nc4cc(-n5cccn5)nc(C)n4)cc3)c(=O)oc12. The first-order valence-corrected chi connectivity index (χ1v) is 10.7. The second kappa shape index (κ2) is 9.10. The Morgan fingerprint density at radius 1 is 1.03 bits per heavy atom. The Morgan fingerprint density at radius 2 is 1.83 bits per heavy atom. The number of anilines is 3. The van der Waals surface area contributed by atoms with Crippen molar-refractivity contribution < 1.29 is 13.9 Å². The second-order valence-corrected chi connectivity index (χ2v) is 7.59. The number of nitrogens with zero attached hydrogens (tertiary/aromatic N) is 4. The van der Waals surface area contributed by atoms with Crippen molar-refractivity contribution >= 4 is 34.1 Å². The number of para-hydroxylation sites is 1. The topological polar surface area (TPSA) is 124 Å². The van der Waals surface area contributed by atoms with Crippen molar-refractivity contribution in [2.75, 3.05) is 17.7 Å². The number of rotatable bonds is 6.